The van der Waals surface area contributed by atoms with Crippen LogP contribution in [-0.4, -0.2) is 39.1 Å². The van der Waals surface area contributed by atoms with E-state index in [4.69, 9.17) is 0 Å². The van der Waals surface area contributed by atoms with Crippen molar-refractivity contribution in [3.05, 3.63) is 59.6 Å². The summed E-state index contributed by atoms with van der Waals surface area (Å²) in [5.41, 5.74) is 4.20. The summed E-state index contributed by atoms with van der Waals surface area (Å²) in [6.07, 6.45) is 10.4. The van der Waals surface area contributed by atoms with Gasteiger partial charge in [0.1, 0.15) is 17.4 Å². The fraction of sp³-hybridized carbons (Fsp3) is 0.167. The van der Waals surface area contributed by atoms with Gasteiger partial charge in [-0.25, -0.2) is 15.0 Å². The van der Waals surface area contributed by atoms with E-state index in [9.17, 15) is 4.79 Å². The predicted octanol–water partition coefficient (Wildman–Crippen LogP) is 1.87. The third-order valence-corrected chi connectivity index (χ3v) is 4.72. The van der Waals surface area contributed by atoms with Crippen LogP contribution in [0.4, 0.5) is 5.82 Å². The summed E-state index contributed by atoms with van der Waals surface area (Å²) in [6.45, 7) is 1.95. The van der Waals surface area contributed by atoms with Crippen molar-refractivity contribution in [1.82, 2.24) is 39.1 Å². The van der Waals surface area contributed by atoms with Crippen LogP contribution >= 0.6 is 0 Å². The van der Waals surface area contributed by atoms with Crippen molar-refractivity contribution >= 4 is 22.5 Å². The molecule has 0 fully saturated rings. The maximum atomic E-state index is 12.8. The summed E-state index contributed by atoms with van der Waals surface area (Å²) in [4.78, 5) is 31.4. The van der Waals surface area contributed by atoms with Gasteiger partial charge in [0.2, 0.25) is 0 Å². The van der Waals surface area contributed by atoms with Crippen LogP contribution in [0.15, 0.2) is 48.3 Å². The number of hydrogen-bond acceptors (Lipinski definition) is 6. The smallest absolute Gasteiger partial charge is 0.273 e. The molecular weight excluding hydrogens is 358 g/mol. The number of hydrogen-bond donors (Lipinski definition) is 3. The van der Waals surface area contributed by atoms with Crippen molar-refractivity contribution in [1.29, 1.82) is 0 Å². The molecule has 0 aliphatic carbocycles. The molecule has 0 aliphatic rings. The van der Waals surface area contributed by atoms with Gasteiger partial charge >= 0.3 is 0 Å². The largest absolute Gasteiger partial charge is 0.360 e. The van der Waals surface area contributed by atoms with Crippen LogP contribution in [0, 0.1) is 0 Å². The molecule has 1 unspecified atom stereocenters. The van der Waals surface area contributed by atoms with Crippen LogP contribution in [-0.2, 0) is 7.05 Å². The molecule has 0 amide bonds. The van der Waals surface area contributed by atoms with Crippen LogP contribution < -0.4 is 10.9 Å². The number of anilines is 1. The van der Waals surface area contributed by atoms with Gasteiger partial charge in [-0.1, -0.05) is 0 Å². The van der Waals surface area contributed by atoms with E-state index in [-0.39, 0.29) is 11.6 Å². The summed E-state index contributed by atoms with van der Waals surface area (Å²) in [5, 5.41) is 7.48. The second-order valence-electron chi connectivity index (χ2n) is 6.61. The lowest BCUT2D eigenvalue weighted by Gasteiger charge is -2.15. The number of rotatable bonds is 4. The molecule has 5 aromatic heterocycles. The van der Waals surface area contributed by atoms with Gasteiger partial charge in [-0.05, 0) is 13.0 Å². The summed E-state index contributed by atoms with van der Waals surface area (Å²) in [6, 6.07) is 1.72. The Balaban J connectivity index is 1.53. The monoisotopic (exact) mass is 375 g/mol. The highest BCUT2D eigenvalue weighted by Gasteiger charge is 2.16. The number of fused-ring (bicyclic) bond motifs is 2. The SMILES string of the molecule is CC(Nc1ncnc2[nH]cnc12)c1cn2ccc(-c3cnn(C)c3)c2c(=O)[nH]1. The summed E-state index contributed by atoms with van der Waals surface area (Å²) in [5.74, 6) is 0.600. The lowest BCUT2D eigenvalue weighted by molar-refractivity contribution is 0.768. The lowest BCUT2D eigenvalue weighted by atomic mass is 10.1. The molecule has 10 nitrogen and oxygen atoms in total. The number of nitrogens with zero attached hydrogens (tertiary/aromatic N) is 6. The molecule has 0 aromatic carbocycles. The fourth-order valence-corrected chi connectivity index (χ4v) is 3.33. The molecule has 140 valence electrons. The summed E-state index contributed by atoms with van der Waals surface area (Å²) >= 11 is 0. The average molecular weight is 375 g/mol. The molecule has 3 N–H and O–H groups in total. The molecule has 0 saturated heterocycles. The first kappa shape index (κ1) is 16.2. The van der Waals surface area contributed by atoms with Crippen LogP contribution in [0.2, 0.25) is 0 Å². The standard InChI is InChI=1S/C18H17N9O/c1-10(24-17-14-16(20-8-19-14)21-9-22-17)13-7-27-4-3-12(15(27)18(28)25-13)11-5-23-26(2)6-11/h3-10H,1-2H3,(H,25,28)(H2,19,20,21,22,24). The summed E-state index contributed by atoms with van der Waals surface area (Å²) in [7, 11) is 1.85. The maximum Gasteiger partial charge on any atom is 0.273 e. The molecule has 0 radical (unpaired) electrons. The number of aromatic nitrogens is 8. The highest BCUT2D eigenvalue weighted by atomic mass is 16.1. The molecular formula is C18H17N9O. The maximum absolute atomic E-state index is 12.8. The number of aromatic amines is 2. The van der Waals surface area contributed by atoms with E-state index < -0.39 is 0 Å². The van der Waals surface area contributed by atoms with Crippen molar-refractivity contribution in [2.75, 3.05) is 5.32 Å². The number of imidazole rings is 1. The van der Waals surface area contributed by atoms with Gasteiger partial charge in [-0.3, -0.25) is 9.48 Å². The topological polar surface area (TPSA) is 122 Å². The summed E-state index contributed by atoms with van der Waals surface area (Å²) < 4.78 is 3.55. The van der Waals surface area contributed by atoms with Gasteiger partial charge in [-0.15, -0.1) is 0 Å². The minimum Gasteiger partial charge on any atom is -0.360 e. The van der Waals surface area contributed by atoms with Gasteiger partial charge in [0.15, 0.2) is 11.5 Å². The first-order valence-corrected chi connectivity index (χ1v) is 8.73. The first-order chi connectivity index (χ1) is 13.6. The molecule has 5 aromatic rings. The molecule has 0 spiro atoms. The third-order valence-electron chi connectivity index (χ3n) is 4.72. The molecule has 5 rings (SSSR count). The van der Waals surface area contributed by atoms with E-state index >= 15 is 0 Å². The van der Waals surface area contributed by atoms with Crippen molar-refractivity contribution < 1.29 is 0 Å². The van der Waals surface area contributed by atoms with Crippen molar-refractivity contribution in [2.24, 2.45) is 7.05 Å². The third kappa shape index (κ3) is 2.54. The molecule has 0 bridgehead atoms. The Morgan fingerprint density at radius 3 is 2.93 bits per heavy atom. The quantitative estimate of drug-likeness (QED) is 0.441. The zero-order valence-electron chi connectivity index (χ0n) is 15.2. The van der Waals surface area contributed by atoms with E-state index in [0.29, 0.717) is 22.5 Å². The Morgan fingerprint density at radius 1 is 1.21 bits per heavy atom. The molecule has 0 saturated carbocycles. The Hall–Kier alpha value is -3.95. The Morgan fingerprint density at radius 2 is 2.11 bits per heavy atom. The zero-order chi connectivity index (χ0) is 19.3. The Kier molecular flexibility index (Phi) is 3.51. The average Bonchev–Trinajstić information content (AvgIpc) is 3.40. The minimum absolute atomic E-state index is 0.164. The van der Waals surface area contributed by atoms with E-state index in [1.54, 1.807) is 17.2 Å². The molecule has 5 heterocycles. The van der Waals surface area contributed by atoms with Gasteiger partial charge < -0.3 is 19.7 Å². The van der Waals surface area contributed by atoms with E-state index in [0.717, 1.165) is 16.8 Å². The Bertz CT molecular complexity index is 1360. The zero-order valence-corrected chi connectivity index (χ0v) is 15.2. The number of nitrogens with one attached hydrogen (secondary N) is 3. The van der Waals surface area contributed by atoms with Crippen LogP contribution in [0.1, 0.15) is 18.7 Å². The van der Waals surface area contributed by atoms with Crippen molar-refractivity contribution in [3.63, 3.8) is 0 Å². The predicted molar refractivity (Wildman–Crippen MR) is 104 cm³/mol. The van der Waals surface area contributed by atoms with Crippen LogP contribution in [0.25, 0.3) is 27.8 Å². The molecule has 1 atom stereocenters. The van der Waals surface area contributed by atoms with E-state index in [2.05, 4.69) is 35.3 Å². The van der Waals surface area contributed by atoms with Gasteiger partial charge in [0.05, 0.1) is 24.3 Å². The molecule has 0 aliphatic heterocycles. The molecule has 28 heavy (non-hydrogen) atoms. The highest BCUT2D eigenvalue weighted by Crippen LogP contribution is 2.25. The second kappa shape index (κ2) is 6.05. The van der Waals surface area contributed by atoms with Crippen LogP contribution in [0.3, 0.4) is 0 Å². The van der Waals surface area contributed by atoms with Crippen molar-refractivity contribution in [2.45, 2.75) is 13.0 Å². The number of aryl methyl sites for hydroxylation is 1. The number of H-pyrrole nitrogens is 2. The normalized spacial score (nSPS) is 12.6. The fourth-order valence-electron chi connectivity index (χ4n) is 3.33. The van der Waals surface area contributed by atoms with Gasteiger partial charge in [0, 0.05) is 36.8 Å². The van der Waals surface area contributed by atoms with Crippen LogP contribution in [0.5, 0.6) is 0 Å². The van der Waals surface area contributed by atoms with E-state index in [1.165, 1.54) is 6.33 Å². The van der Waals surface area contributed by atoms with Gasteiger partial charge in [0.25, 0.3) is 5.56 Å². The van der Waals surface area contributed by atoms with Crippen molar-refractivity contribution in [3.8, 4) is 11.1 Å². The molecule has 10 heteroatoms. The van der Waals surface area contributed by atoms with Gasteiger partial charge in [-0.2, -0.15) is 5.10 Å². The minimum atomic E-state index is -0.198. The van der Waals surface area contributed by atoms with E-state index in [1.807, 2.05) is 43.0 Å². The Labute approximate surface area is 158 Å². The highest BCUT2D eigenvalue weighted by molar-refractivity contribution is 5.82. The lowest BCUT2D eigenvalue weighted by Crippen LogP contribution is -2.18. The first-order valence-electron chi connectivity index (χ1n) is 8.73. The second-order valence-corrected chi connectivity index (χ2v) is 6.61.